The third-order valence-electron chi connectivity index (χ3n) is 5.09. The summed E-state index contributed by atoms with van der Waals surface area (Å²) < 4.78 is 25.8. The van der Waals surface area contributed by atoms with Crippen molar-refractivity contribution in [3.8, 4) is 0 Å². The average Bonchev–Trinajstić information content (AvgIpc) is 2.51. The second-order valence-corrected chi connectivity index (χ2v) is 7.14. The van der Waals surface area contributed by atoms with Crippen LogP contribution in [0.4, 0.5) is 8.78 Å². The molecule has 0 aromatic carbocycles. The topological polar surface area (TPSA) is 0 Å². The third kappa shape index (κ3) is 7.38. The van der Waals surface area contributed by atoms with Crippen LogP contribution in [-0.4, -0.2) is 0 Å². The van der Waals surface area contributed by atoms with Gasteiger partial charge in [-0.25, -0.2) is 8.78 Å². The van der Waals surface area contributed by atoms with Crippen LogP contribution < -0.4 is 0 Å². The summed E-state index contributed by atoms with van der Waals surface area (Å²) in [7, 11) is 0. The Bertz CT molecular complexity index is 389. The fourth-order valence-electron chi connectivity index (χ4n) is 3.24. The zero-order valence-electron chi connectivity index (χ0n) is 14.3. The fourth-order valence-corrected chi connectivity index (χ4v) is 3.24. The maximum absolute atomic E-state index is 13.2. The summed E-state index contributed by atoms with van der Waals surface area (Å²) in [6, 6.07) is 0. The van der Waals surface area contributed by atoms with Crippen molar-refractivity contribution in [2.45, 2.75) is 71.6 Å². The molecule has 1 aliphatic rings. The normalized spacial score (nSPS) is 19.7. The van der Waals surface area contributed by atoms with Crippen molar-refractivity contribution >= 4 is 0 Å². The standard InChI is InChI=1S/C20H32F2/c1-15(11-13-19-8-6-5-7-9-19)10-12-16(2)17(3)14-20(22)18(4)21/h14-16,19H,3-13H2,1-2H3/b20-14+. The van der Waals surface area contributed by atoms with Crippen molar-refractivity contribution in [1.29, 1.82) is 0 Å². The van der Waals surface area contributed by atoms with Crippen molar-refractivity contribution < 1.29 is 8.78 Å². The quantitative estimate of drug-likeness (QED) is 0.392. The van der Waals surface area contributed by atoms with Crippen molar-refractivity contribution in [1.82, 2.24) is 0 Å². The first-order valence-electron chi connectivity index (χ1n) is 8.81. The summed E-state index contributed by atoms with van der Waals surface area (Å²) in [6.45, 7) is 11.1. The number of hydrogen-bond donors (Lipinski definition) is 0. The van der Waals surface area contributed by atoms with Crippen molar-refractivity contribution in [3.05, 3.63) is 36.5 Å². The molecular formula is C20H32F2. The Kier molecular flexibility index (Phi) is 8.67. The van der Waals surface area contributed by atoms with Crippen LogP contribution in [0.1, 0.15) is 71.6 Å². The molecule has 22 heavy (non-hydrogen) atoms. The molecular weight excluding hydrogens is 278 g/mol. The maximum Gasteiger partial charge on any atom is 0.158 e. The lowest BCUT2D eigenvalue weighted by Crippen LogP contribution is -2.09. The summed E-state index contributed by atoms with van der Waals surface area (Å²) in [5, 5.41) is 0. The lowest BCUT2D eigenvalue weighted by Gasteiger charge is -2.23. The molecule has 0 aromatic heterocycles. The second kappa shape index (κ2) is 9.97. The Morgan fingerprint density at radius 2 is 1.68 bits per heavy atom. The SMILES string of the molecule is C=C(F)/C(F)=C\C(=C)C(C)CCC(C)CCC1CCCCC1. The van der Waals surface area contributed by atoms with Crippen molar-refractivity contribution in [3.63, 3.8) is 0 Å². The van der Waals surface area contributed by atoms with Crippen molar-refractivity contribution in [2.75, 3.05) is 0 Å². The van der Waals surface area contributed by atoms with Gasteiger partial charge >= 0.3 is 0 Å². The Hall–Kier alpha value is -0.920. The number of rotatable bonds is 9. The summed E-state index contributed by atoms with van der Waals surface area (Å²) in [4.78, 5) is 0. The van der Waals surface area contributed by atoms with Crippen LogP contribution in [0, 0.1) is 17.8 Å². The molecule has 0 N–H and O–H groups in total. The Morgan fingerprint density at radius 1 is 1.05 bits per heavy atom. The molecule has 0 aromatic rings. The molecule has 1 rings (SSSR count). The highest BCUT2D eigenvalue weighted by molar-refractivity contribution is 5.27. The van der Waals surface area contributed by atoms with E-state index in [1.807, 2.05) is 6.92 Å². The van der Waals surface area contributed by atoms with E-state index >= 15 is 0 Å². The summed E-state index contributed by atoms with van der Waals surface area (Å²) in [5.74, 6) is -0.100. The molecule has 0 spiro atoms. The molecule has 0 radical (unpaired) electrons. The van der Waals surface area contributed by atoms with E-state index < -0.39 is 11.7 Å². The lowest BCUT2D eigenvalue weighted by molar-refractivity contribution is 0.304. The van der Waals surface area contributed by atoms with Crippen LogP contribution in [0.15, 0.2) is 36.5 Å². The van der Waals surface area contributed by atoms with E-state index in [9.17, 15) is 8.78 Å². The summed E-state index contributed by atoms with van der Waals surface area (Å²) in [6.07, 6.45) is 13.0. The molecule has 126 valence electrons. The zero-order valence-corrected chi connectivity index (χ0v) is 14.3. The lowest BCUT2D eigenvalue weighted by atomic mass is 9.83. The smallest absolute Gasteiger partial charge is 0.158 e. The first-order valence-corrected chi connectivity index (χ1v) is 8.81. The van der Waals surface area contributed by atoms with Gasteiger partial charge in [-0.15, -0.1) is 0 Å². The van der Waals surface area contributed by atoms with Crippen molar-refractivity contribution in [2.24, 2.45) is 17.8 Å². The zero-order chi connectivity index (χ0) is 16.5. The third-order valence-corrected chi connectivity index (χ3v) is 5.09. The molecule has 1 fully saturated rings. The summed E-state index contributed by atoms with van der Waals surface area (Å²) in [5.41, 5.74) is 0.649. The van der Waals surface area contributed by atoms with Crippen LogP contribution in [0.25, 0.3) is 0 Å². The molecule has 0 nitrogen and oxygen atoms in total. The van der Waals surface area contributed by atoms with Crippen LogP contribution in [0.5, 0.6) is 0 Å². The van der Waals surface area contributed by atoms with E-state index in [-0.39, 0.29) is 5.92 Å². The molecule has 0 heterocycles. The van der Waals surface area contributed by atoms with E-state index in [0.29, 0.717) is 11.5 Å². The van der Waals surface area contributed by atoms with E-state index in [4.69, 9.17) is 0 Å². The predicted octanol–water partition coefficient (Wildman–Crippen LogP) is 7.29. The van der Waals surface area contributed by atoms with Gasteiger partial charge in [0.1, 0.15) is 0 Å². The molecule has 2 heteroatoms. The summed E-state index contributed by atoms with van der Waals surface area (Å²) >= 11 is 0. The van der Waals surface area contributed by atoms with Gasteiger partial charge in [0, 0.05) is 0 Å². The average molecular weight is 310 g/mol. The molecule has 0 saturated heterocycles. The molecule has 2 unspecified atom stereocenters. The highest BCUT2D eigenvalue weighted by Gasteiger charge is 2.15. The van der Waals surface area contributed by atoms with Crippen LogP contribution >= 0.6 is 0 Å². The van der Waals surface area contributed by atoms with Gasteiger partial charge in [0.15, 0.2) is 11.7 Å². The highest BCUT2D eigenvalue weighted by atomic mass is 19.2. The number of halogens is 2. The first kappa shape index (κ1) is 19.1. The van der Waals surface area contributed by atoms with Gasteiger partial charge in [-0.1, -0.05) is 78.4 Å². The van der Waals surface area contributed by atoms with Gasteiger partial charge in [0.2, 0.25) is 0 Å². The maximum atomic E-state index is 13.2. The van der Waals surface area contributed by atoms with Crippen LogP contribution in [0.2, 0.25) is 0 Å². The Morgan fingerprint density at radius 3 is 2.27 bits per heavy atom. The molecule has 0 aliphatic heterocycles. The van der Waals surface area contributed by atoms with Gasteiger partial charge in [-0.05, 0) is 35.8 Å². The molecule has 2 atom stereocenters. The minimum atomic E-state index is -1.02. The molecule has 1 aliphatic carbocycles. The fraction of sp³-hybridized carbons (Fsp3) is 0.700. The van der Waals surface area contributed by atoms with Gasteiger partial charge in [-0.3, -0.25) is 0 Å². The predicted molar refractivity (Wildman–Crippen MR) is 92.0 cm³/mol. The Balaban J connectivity index is 2.24. The molecule has 1 saturated carbocycles. The molecule has 0 bridgehead atoms. The largest absolute Gasteiger partial charge is 0.204 e. The monoisotopic (exact) mass is 310 g/mol. The minimum Gasteiger partial charge on any atom is -0.204 e. The first-order chi connectivity index (χ1) is 10.4. The minimum absolute atomic E-state index is 0.183. The van der Waals surface area contributed by atoms with Crippen LogP contribution in [0.3, 0.4) is 0 Å². The van der Waals surface area contributed by atoms with Gasteiger partial charge in [0.25, 0.3) is 0 Å². The van der Waals surface area contributed by atoms with Crippen LogP contribution in [-0.2, 0) is 0 Å². The number of hydrogen-bond acceptors (Lipinski definition) is 0. The van der Waals surface area contributed by atoms with Gasteiger partial charge < -0.3 is 0 Å². The van der Waals surface area contributed by atoms with E-state index in [2.05, 4.69) is 20.1 Å². The Labute approximate surface area is 135 Å². The van der Waals surface area contributed by atoms with E-state index in [0.717, 1.165) is 18.8 Å². The highest BCUT2D eigenvalue weighted by Crippen LogP contribution is 2.30. The van der Waals surface area contributed by atoms with E-state index in [1.165, 1.54) is 51.0 Å². The van der Waals surface area contributed by atoms with Gasteiger partial charge in [0.05, 0.1) is 0 Å². The molecule has 0 amide bonds. The number of allylic oxidation sites excluding steroid dienone is 4. The second-order valence-electron chi connectivity index (χ2n) is 7.14. The van der Waals surface area contributed by atoms with E-state index in [1.54, 1.807) is 0 Å². The van der Waals surface area contributed by atoms with Gasteiger partial charge in [-0.2, -0.15) is 0 Å².